The van der Waals surface area contributed by atoms with E-state index >= 15 is 0 Å². The predicted molar refractivity (Wildman–Crippen MR) is 117 cm³/mol. The van der Waals surface area contributed by atoms with E-state index in [1.165, 1.54) is 0 Å². The molecule has 1 heterocycles. The van der Waals surface area contributed by atoms with Crippen LogP contribution in [0.3, 0.4) is 0 Å². The van der Waals surface area contributed by atoms with E-state index < -0.39 is 0 Å². The lowest BCUT2D eigenvalue weighted by atomic mass is 9.87. The average molecular weight is 421 g/mol. The summed E-state index contributed by atoms with van der Waals surface area (Å²) < 4.78 is 11.2. The zero-order chi connectivity index (χ0) is 22.4. The lowest BCUT2D eigenvalue weighted by Gasteiger charge is -2.31. The summed E-state index contributed by atoms with van der Waals surface area (Å²) in [6, 6.07) is 12.9. The molecule has 1 aliphatic rings. The van der Waals surface area contributed by atoms with Crippen molar-refractivity contribution >= 4 is 11.7 Å². The maximum Gasteiger partial charge on any atom is 0.260 e. The van der Waals surface area contributed by atoms with Crippen molar-refractivity contribution in [3.8, 4) is 17.6 Å². The van der Waals surface area contributed by atoms with Crippen molar-refractivity contribution in [3.05, 3.63) is 58.7 Å². The number of aryl methyl sites for hydroxylation is 2. The van der Waals surface area contributed by atoms with Gasteiger partial charge >= 0.3 is 0 Å². The number of piperidine rings is 1. The Morgan fingerprint density at radius 1 is 1.06 bits per heavy atom. The third-order valence-electron chi connectivity index (χ3n) is 5.59. The first-order chi connectivity index (χ1) is 14.9. The van der Waals surface area contributed by atoms with Gasteiger partial charge in [0.05, 0.1) is 18.2 Å². The fraction of sp³-hybridized carbons (Fsp3) is 0.400. The number of ketones is 1. The third kappa shape index (κ3) is 5.43. The van der Waals surface area contributed by atoms with Crippen LogP contribution in [0.15, 0.2) is 36.4 Å². The molecule has 31 heavy (non-hydrogen) atoms. The molecule has 162 valence electrons. The largest absolute Gasteiger partial charge is 0.490 e. The van der Waals surface area contributed by atoms with Crippen molar-refractivity contribution in [2.45, 2.75) is 33.6 Å². The normalized spacial score (nSPS) is 14.1. The van der Waals surface area contributed by atoms with Gasteiger partial charge in [-0.3, -0.25) is 9.59 Å². The van der Waals surface area contributed by atoms with Crippen molar-refractivity contribution in [1.82, 2.24) is 4.90 Å². The third-order valence-corrected chi connectivity index (χ3v) is 5.59. The number of Topliss-reactive ketones (excluding diaryl/α,β-unsaturated/α-hetero) is 1. The van der Waals surface area contributed by atoms with Crippen LogP contribution >= 0.6 is 0 Å². The summed E-state index contributed by atoms with van der Waals surface area (Å²) >= 11 is 0. The Morgan fingerprint density at radius 3 is 2.45 bits per heavy atom. The van der Waals surface area contributed by atoms with E-state index in [9.17, 15) is 9.59 Å². The Kier molecular flexibility index (Phi) is 7.30. The van der Waals surface area contributed by atoms with Crippen LogP contribution < -0.4 is 9.47 Å². The second-order valence-corrected chi connectivity index (χ2v) is 7.83. The van der Waals surface area contributed by atoms with Gasteiger partial charge in [-0.2, -0.15) is 5.26 Å². The molecule has 1 amide bonds. The maximum absolute atomic E-state index is 12.9. The van der Waals surface area contributed by atoms with Gasteiger partial charge in [-0.25, -0.2) is 0 Å². The van der Waals surface area contributed by atoms with Gasteiger partial charge in [0.2, 0.25) is 0 Å². The Hall–Kier alpha value is -3.33. The maximum atomic E-state index is 12.9. The number of hydrogen-bond acceptors (Lipinski definition) is 5. The minimum absolute atomic E-state index is 0.0607. The molecule has 0 N–H and O–H groups in total. The fourth-order valence-electron chi connectivity index (χ4n) is 3.90. The monoisotopic (exact) mass is 420 g/mol. The molecule has 0 aromatic heterocycles. The lowest BCUT2D eigenvalue weighted by Crippen LogP contribution is -2.42. The first-order valence-electron chi connectivity index (χ1n) is 10.6. The van der Waals surface area contributed by atoms with Gasteiger partial charge in [0.1, 0.15) is 0 Å². The summed E-state index contributed by atoms with van der Waals surface area (Å²) in [6.45, 7) is 7.23. The van der Waals surface area contributed by atoms with Crippen LogP contribution in [0.1, 0.15) is 46.8 Å². The van der Waals surface area contributed by atoms with Crippen LogP contribution in [0.25, 0.3) is 0 Å². The van der Waals surface area contributed by atoms with Gasteiger partial charge in [0.25, 0.3) is 5.91 Å². The first-order valence-corrected chi connectivity index (χ1v) is 10.6. The second kappa shape index (κ2) is 10.1. The van der Waals surface area contributed by atoms with Crippen molar-refractivity contribution in [2.24, 2.45) is 5.92 Å². The number of amides is 1. The minimum Gasteiger partial charge on any atom is -0.490 e. The molecule has 0 unspecified atom stereocenters. The molecular weight excluding hydrogens is 392 g/mol. The van der Waals surface area contributed by atoms with Crippen LogP contribution in [0, 0.1) is 31.1 Å². The van der Waals surface area contributed by atoms with Crippen molar-refractivity contribution < 1.29 is 19.1 Å². The number of carbonyl (C=O) groups excluding carboxylic acids is 2. The number of nitrogens with zero attached hydrogens (tertiary/aromatic N) is 2. The van der Waals surface area contributed by atoms with Crippen LogP contribution in [-0.2, 0) is 4.79 Å². The number of hydrogen-bond donors (Lipinski definition) is 0. The zero-order valence-electron chi connectivity index (χ0n) is 18.3. The quantitative estimate of drug-likeness (QED) is 0.631. The molecule has 6 heteroatoms. The zero-order valence-corrected chi connectivity index (χ0v) is 18.3. The summed E-state index contributed by atoms with van der Waals surface area (Å²) in [5.41, 5.74) is 3.40. The SMILES string of the molecule is CCOc1cc(C#N)ccc1OCC(=O)N1CCC(C(=O)c2ccc(C)cc2C)CC1. The number of rotatable bonds is 7. The molecule has 2 aromatic rings. The highest BCUT2D eigenvalue weighted by molar-refractivity contribution is 5.99. The molecule has 0 spiro atoms. The second-order valence-electron chi connectivity index (χ2n) is 7.83. The Bertz CT molecular complexity index is 1000. The molecule has 3 rings (SSSR count). The number of ether oxygens (including phenoxy) is 2. The van der Waals surface area contributed by atoms with Crippen molar-refractivity contribution in [3.63, 3.8) is 0 Å². The number of likely N-dealkylation sites (tertiary alicyclic amines) is 1. The Labute approximate surface area is 183 Å². The van der Waals surface area contributed by atoms with Gasteiger partial charge in [0.15, 0.2) is 23.9 Å². The molecule has 0 radical (unpaired) electrons. The molecule has 6 nitrogen and oxygen atoms in total. The van der Waals surface area contributed by atoms with E-state index in [1.54, 1.807) is 23.1 Å². The molecule has 2 aromatic carbocycles. The van der Waals surface area contributed by atoms with Gasteiger partial charge in [-0.05, 0) is 51.3 Å². The van der Waals surface area contributed by atoms with Crippen LogP contribution in [-0.4, -0.2) is 42.9 Å². The summed E-state index contributed by atoms with van der Waals surface area (Å²) in [5.74, 6) is 0.875. The average Bonchev–Trinajstić information content (AvgIpc) is 2.78. The Morgan fingerprint density at radius 2 is 1.81 bits per heavy atom. The summed E-state index contributed by atoms with van der Waals surface area (Å²) in [4.78, 5) is 27.3. The highest BCUT2D eigenvalue weighted by Crippen LogP contribution is 2.29. The summed E-state index contributed by atoms with van der Waals surface area (Å²) in [7, 11) is 0. The predicted octanol–water partition coefficient (Wildman–Crippen LogP) is 4.07. The van der Waals surface area contributed by atoms with E-state index in [2.05, 4.69) is 6.07 Å². The van der Waals surface area contributed by atoms with E-state index in [-0.39, 0.29) is 24.2 Å². The van der Waals surface area contributed by atoms with E-state index in [0.29, 0.717) is 49.6 Å². The van der Waals surface area contributed by atoms with E-state index in [0.717, 1.165) is 16.7 Å². The van der Waals surface area contributed by atoms with E-state index in [4.69, 9.17) is 14.7 Å². The lowest BCUT2D eigenvalue weighted by molar-refractivity contribution is -0.134. The van der Waals surface area contributed by atoms with Crippen molar-refractivity contribution in [2.75, 3.05) is 26.3 Å². The topological polar surface area (TPSA) is 79.6 Å². The standard InChI is InChI=1S/C25H28N2O4/c1-4-30-23-14-19(15-26)6-8-22(23)31-16-24(28)27-11-9-20(10-12-27)25(29)21-7-5-17(2)13-18(21)3/h5-8,13-14,20H,4,9-12,16H2,1-3H3. The molecule has 0 atom stereocenters. The molecule has 0 aliphatic carbocycles. The van der Waals surface area contributed by atoms with Gasteiger partial charge < -0.3 is 14.4 Å². The fourth-order valence-corrected chi connectivity index (χ4v) is 3.90. The molecule has 0 saturated carbocycles. The highest BCUT2D eigenvalue weighted by Gasteiger charge is 2.28. The minimum atomic E-state index is -0.121. The van der Waals surface area contributed by atoms with Gasteiger partial charge in [-0.15, -0.1) is 0 Å². The summed E-state index contributed by atoms with van der Waals surface area (Å²) in [6.07, 6.45) is 1.30. The van der Waals surface area contributed by atoms with Crippen LogP contribution in [0.2, 0.25) is 0 Å². The molecule has 1 saturated heterocycles. The molecule has 1 fully saturated rings. The van der Waals surface area contributed by atoms with E-state index in [1.807, 2.05) is 39.0 Å². The van der Waals surface area contributed by atoms with Crippen LogP contribution in [0.4, 0.5) is 0 Å². The van der Waals surface area contributed by atoms with Crippen LogP contribution in [0.5, 0.6) is 11.5 Å². The van der Waals surface area contributed by atoms with Crippen molar-refractivity contribution in [1.29, 1.82) is 5.26 Å². The smallest absolute Gasteiger partial charge is 0.260 e. The first kappa shape index (κ1) is 22.4. The number of carbonyl (C=O) groups is 2. The molecule has 0 bridgehead atoms. The number of benzene rings is 2. The molecular formula is C25H28N2O4. The van der Waals surface area contributed by atoms with Gasteiger partial charge in [-0.1, -0.05) is 23.8 Å². The summed E-state index contributed by atoms with van der Waals surface area (Å²) in [5, 5.41) is 9.04. The number of nitriles is 1. The Balaban J connectivity index is 1.55. The molecule has 1 aliphatic heterocycles. The van der Waals surface area contributed by atoms with Gasteiger partial charge in [0, 0.05) is 30.6 Å². The highest BCUT2D eigenvalue weighted by atomic mass is 16.5.